The second-order valence-corrected chi connectivity index (χ2v) is 6.48. The minimum absolute atomic E-state index is 0.296. The van der Waals surface area contributed by atoms with Gasteiger partial charge in [0.2, 0.25) is 0 Å². The highest BCUT2D eigenvalue weighted by Gasteiger charge is 2.30. The number of nitrogens with one attached hydrogen (secondary N) is 1. The van der Waals surface area contributed by atoms with Gasteiger partial charge in [0.15, 0.2) is 23.3 Å². The number of halogens is 4. The van der Waals surface area contributed by atoms with E-state index in [0.717, 1.165) is 4.90 Å². The molecule has 4 rings (SSSR count). The summed E-state index contributed by atoms with van der Waals surface area (Å²) in [6, 6.07) is 24.5. The fourth-order valence-electron chi connectivity index (χ4n) is 3.15. The van der Waals surface area contributed by atoms with Crippen LogP contribution in [0.4, 0.5) is 46.0 Å². The van der Waals surface area contributed by atoms with Crippen LogP contribution in [-0.4, -0.2) is 0 Å². The summed E-state index contributed by atoms with van der Waals surface area (Å²) < 4.78 is 60.1. The maximum atomic E-state index is 15.2. The normalized spacial score (nSPS) is 10.7. The first-order valence-electron chi connectivity index (χ1n) is 9.16. The molecule has 0 fully saturated rings. The van der Waals surface area contributed by atoms with Crippen LogP contribution in [0, 0.1) is 23.3 Å². The standard InChI is InChI=1S/C24H16F4N2/c25-19-21(27)24(22(28)20(26)23(19)29-16-10-4-1-5-11-16)30(17-12-6-2-7-13-17)18-14-8-3-9-15-18/h1-15,29H. The molecule has 0 atom stereocenters. The van der Waals surface area contributed by atoms with Crippen LogP contribution < -0.4 is 10.2 Å². The van der Waals surface area contributed by atoms with Crippen molar-refractivity contribution in [3.05, 3.63) is 114 Å². The quantitative estimate of drug-likeness (QED) is 0.272. The molecule has 0 unspecified atom stereocenters. The Labute approximate surface area is 171 Å². The maximum absolute atomic E-state index is 15.2. The zero-order valence-corrected chi connectivity index (χ0v) is 15.6. The van der Waals surface area contributed by atoms with Gasteiger partial charge in [-0.2, -0.15) is 0 Å². The van der Waals surface area contributed by atoms with Gasteiger partial charge >= 0.3 is 0 Å². The maximum Gasteiger partial charge on any atom is 0.188 e. The summed E-state index contributed by atoms with van der Waals surface area (Å²) in [6.07, 6.45) is 0. The SMILES string of the molecule is Fc1c(F)c(N(c2ccccc2)c2ccccc2)c(F)c(F)c1Nc1ccccc1. The number of benzene rings is 4. The van der Waals surface area contributed by atoms with E-state index in [1.807, 2.05) is 0 Å². The van der Waals surface area contributed by atoms with Crippen LogP contribution in [0.2, 0.25) is 0 Å². The highest BCUT2D eigenvalue weighted by atomic mass is 19.2. The molecule has 0 amide bonds. The van der Waals surface area contributed by atoms with Crippen LogP contribution in [0.15, 0.2) is 91.0 Å². The van der Waals surface area contributed by atoms with Crippen molar-refractivity contribution in [2.75, 3.05) is 10.2 Å². The van der Waals surface area contributed by atoms with Crippen LogP contribution in [-0.2, 0) is 0 Å². The van der Waals surface area contributed by atoms with Crippen molar-refractivity contribution in [2.24, 2.45) is 0 Å². The molecule has 4 aromatic carbocycles. The van der Waals surface area contributed by atoms with E-state index < -0.39 is 34.6 Å². The second-order valence-electron chi connectivity index (χ2n) is 6.48. The van der Waals surface area contributed by atoms with Crippen molar-refractivity contribution in [3.8, 4) is 0 Å². The Bertz CT molecular complexity index is 1080. The van der Waals surface area contributed by atoms with E-state index in [2.05, 4.69) is 5.32 Å². The number of nitrogens with zero attached hydrogens (tertiary/aromatic N) is 1. The highest BCUT2D eigenvalue weighted by Crippen LogP contribution is 2.42. The second kappa shape index (κ2) is 8.29. The first-order chi connectivity index (χ1) is 14.6. The van der Waals surface area contributed by atoms with Gasteiger partial charge in [-0.15, -0.1) is 0 Å². The van der Waals surface area contributed by atoms with Crippen LogP contribution in [0.5, 0.6) is 0 Å². The van der Waals surface area contributed by atoms with E-state index >= 15 is 8.78 Å². The van der Waals surface area contributed by atoms with Gasteiger partial charge in [0.1, 0.15) is 11.4 Å². The molecule has 0 saturated heterocycles. The summed E-state index contributed by atoms with van der Waals surface area (Å²) in [4.78, 5) is 1.14. The molecule has 2 nitrogen and oxygen atoms in total. The van der Waals surface area contributed by atoms with Crippen LogP contribution in [0.3, 0.4) is 0 Å². The zero-order valence-electron chi connectivity index (χ0n) is 15.6. The molecule has 0 spiro atoms. The molecule has 0 bridgehead atoms. The van der Waals surface area contributed by atoms with E-state index in [9.17, 15) is 8.78 Å². The molecule has 0 aliphatic carbocycles. The number of anilines is 5. The van der Waals surface area contributed by atoms with Crippen LogP contribution in [0.25, 0.3) is 0 Å². The molecule has 0 saturated carbocycles. The molecule has 1 N–H and O–H groups in total. The van der Waals surface area contributed by atoms with Gasteiger partial charge < -0.3 is 10.2 Å². The lowest BCUT2D eigenvalue weighted by atomic mass is 10.1. The summed E-state index contributed by atoms with van der Waals surface area (Å²) in [6.45, 7) is 0. The first kappa shape index (κ1) is 19.5. The molecule has 0 aromatic heterocycles. The Hall–Kier alpha value is -3.80. The molecule has 30 heavy (non-hydrogen) atoms. The van der Waals surface area contributed by atoms with Crippen LogP contribution in [0.1, 0.15) is 0 Å². The van der Waals surface area contributed by atoms with E-state index in [1.54, 1.807) is 78.9 Å². The number of hydrogen-bond acceptors (Lipinski definition) is 2. The molecule has 6 heteroatoms. The van der Waals surface area contributed by atoms with Gasteiger partial charge in [0, 0.05) is 17.1 Å². The molecular weight excluding hydrogens is 392 g/mol. The summed E-state index contributed by atoms with van der Waals surface area (Å²) >= 11 is 0. The summed E-state index contributed by atoms with van der Waals surface area (Å²) in [5.41, 5.74) is -0.722. The van der Waals surface area contributed by atoms with Crippen molar-refractivity contribution in [2.45, 2.75) is 0 Å². The summed E-state index contributed by atoms with van der Waals surface area (Å²) in [7, 11) is 0. The topological polar surface area (TPSA) is 15.3 Å². The predicted octanol–water partition coefficient (Wildman–Crippen LogP) is 7.46. The third-order valence-corrected chi connectivity index (χ3v) is 4.54. The van der Waals surface area contributed by atoms with Crippen molar-refractivity contribution in [1.82, 2.24) is 0 Å². The Balaban J connectivity index is 1.90. The molecule has 0 heterocycles. The van der Waals surface area contributed by atoms with Gasteiger partial charge in [0.05, 0.1) is 0 Å². The average molecular weight is 408 g/mol. The molecule has 0 aliphatic heterocycles. The highest BCUT2D eigenvalue weighted by molar-refractivity contribution is 5.79. The van der Waals surface area contributed by atoms with Crippen molar-refractivity contribution < 1.29 is 17.6 Å². The minimum Gasteiger partial charge on any atom is -0.351 e. The van der Waals surface area contributed by atoms with Crippen molar-refractivity contribution in [1.29, 1.82) is 0 Å². The summed E-state index contributed by atoms with van der Waals surface area (Å²) in [5.74, 6) is -6.02. The monoisotopic (exact) mass is 408 g/mol. The van der Waals surface area contributed by atoms with Crippen molar-refractivity contribution >= 4 is 28.4 Å². The lowest BCUT2D eigenvalue weighted by Gasteiger charge is -2.27. The lowest BCUT2D eigenvalue weighted by Crippen LogP contribution is -2.17. The minimum atomic E-state index is -1.51. The van der Waals surface area contributed by atoms with Crippen LogP contribution >= 0.6 is 0 Å². The Morgan fingerprint density at radius 1 is 0.500 bits per heavy atom. The molecule has 4 aromatic rings. The molecule has 0 aliphatic rings. The van der Waals surface area contributed by atoms with Gasteiger partial charge in [0.25, 0.3) is 0 Å². The Kier molecular flexibility index (Phi) is 5.39. The average Bonchev–Trinajstić information content (AvgIpc) is 2.80. The van der Waals surface area contributed by atoms with Crippen molar-refractivity contribution in [3.63, 3.8) is 0 Å². The van der Waals surface area contributed by atoms with Gasteiger partial charge in [-0.25, -0.2) is 17.6 Å². The van der Waals surface area contributed by atoms with E-state index in [4.69, 9.17) is 0 Å². The molecule has 0 radical (unpaired) electrons. The van der Waals surface area contributed by atoms with E-state index in [1.165, 1.54) is 12.1 Å². The third kappa shape index (κ3) is 3.59. The van der Waals surface area contributed by atoms with Gasteiger partial charge in [-0.3, -0.25) is 0 Å². The Morgan fingerprint density at radius 2 is 0.900 bits per heavy atom. The fourth-order valence-corrected chi connectivity index (χ4v) is 3.15. The van der Waals surface area contributed by atoms with Gasteiger partial charge in [-0.1, -0.05) is 54.6 Å². The van der Waals surface area contributed by atoms with Gasteiger partial charge in [-0.05, 0) is 36.4 Å². The number of rotatable bonds is 5. The number of hydrogen-bond donors (Lipinski definition) is 1. The zero-order chi connectivity index (χ0) is 21.1. The predicted molar refractivity (Wildman–Crippen MR) is 111 cm³/mol. The summed E-state index contributed by atoms with van der Waals surface area (Å²) in [5, 5.41) is 2.42. The van der Waals surface area contributed by atoms with E-state index in [-0.39, 0.29) is 0 Å². The largest absolute Gasteiger partial charge is 0.351 e. The van der Waals surface area contributed by atoms with E-state index in [0.29, 0.717) is 17.1 Å². The smallest absolute Gasteiger partial charge is 0.188 e. The fraction of sp³-hybridized carbons (Fsp3) is 0. The molecular formula is C24H16F4N2. The third-order valence-electron chi connectivity index (χ3n) is 4.54. The first-order valence-corrected chi connectivity index (χ1v) is 9.16. The number of para-hydroxylation sites is 3. The molecule has 150 valence electrons. The lowest BCUT2D eigenvalue weighted by molar-refractivity contribution is 0.462. The Morgan fingerprint density at radius 3 is 1.33 bits per heavy atom.